The lowest BCUT2D eigenvalue weighted by atomic mass is 9.84. The number of carbonyl (C=O) groups is 1. The van der Waals surface area contributed by atoms with Gasteiger partial charge in [0, 0.05) is 27.2 Å². The third-order valence-electron chi connectivity index (χ3n) is 5.03. The fraction of sp³-hybridized carbons (Fsp3) is 0.588. The highest BCUT2D eigenvalue weighted by Crippen LogP contribution is 2.49. The van der Waals surface area contributed by atoms with Gasteiger partial charge in [0.2, 0.25) is 10.0 Å². The monoisotopic (exact) mass is 352 g/mol. The van der Waals surface area contributed by atoms with Crippen molar-refractivity contribution >= 4 is 15.9 Å². The number of nitrogens with zero attached hydrogens (tertiary/aromatic N) is 2. The molecule has 24 heavy (non-hydrogen) atoms. The molecule has 1 fully saturated rings. The molecule has 1 aromatic rings. The Bertz CT molecular complexity index is 737. The molecule has 6 nitrogen and oxygen atoms in total. The van der Waals surface area contributed by atoms with Crippen molar-refractivity contribution < 1.29 is 17.9 Å². The summed E-state index contributed by atoms with van der Waals surface area (Å²) in [6, 6.07) is 7.79. The fourth-order valence-corrected chi connectivity index (χ4v) is 4.71. The number of carbonyl (C=O) groups excluding carboxylic acids is 1. The van der Waals surface area contributed by atoms with E-state index in [0.717, 1.165) is 11.1 Å². The van der Waals surface area contributed by atoms with E-state index in [1.165, 1.54) is 9.21 Å². The minimum absolute atomic E-state index is 0.0806. The first-order valence-corrected chi connectivity index (χ1v) is 9.88. The maximum Gasteiger partial charge on any atom is 0.255 e. The van der Waals surface area contributed by atoms with Crippen molar-refractivity contribution in [3.63, 3.8) is 0 Å². The van der Waals surface area contributed by atoms with E-state index in [1.54, 1.807) is 21.0 Å². The predicted octanol–water partition coefficient (Wildman–Crippen LogP) is 1.49. The van der Waals surface area contributed by atoms with Gasteiger partial charge in [0.05, 0.1) is 11.4 Å². The lowest BCUT2D eigenvalue weighted by molar-refractivity contribution is -0.156. The Morgan fingerprint density at radius 2 is 1.92 bits per heavy atom. The predicted molar refractivity (Wildman–Crippen MR) is 90.9 cm³/mol. The Labute approximate surface area is 143 Å². The summed E-state index contributed by atoms with van der Waals surface area (Å²) < 4.78 is 32.0. The zero-order valence-corrected chi connectivity index (χ0v) is 15.2. The maximum atomic E-state index is 12.5. The van der Waals surface area contributed by atoms with Crippen LogP contribution < -0.4 is 0 Å². The van der Waals surface area contributed by atoms with Crippen molar-refractivity contribution in [2.45, 2.75) is 31.5 Å². The number of amides is 1. The molecule has 2 aliphatic rings. The summed E-state index contributed by atoms with van der Waals surface area (Å²) in [5.74, 6) is 0.0297. The van der Waals surface area contributed by atoms with Crippen LogP contribution in [0.2, 0.25) is 0 Å². The lowest BCUT2D eigenvalue weighted by Crippen LogP contribution is -2.46. The van der Waals surface area contributed by atoms with Crippen LogP contribution in [0, 0.1) is 0 Å². The summed E-state index contributed by atoms with van der Waals surface area (Å²) in [5.41, 5.74) is 1.37. The van der Waals surface area contributed by atoms with Gasteiger partial charge >= 0.3 is 0 Å². The number of piperidine rings is 1. The van der Waals surface area contributed by atoms with Crippen LogP contribution in [0.25, 0.3) is 0 Å². The highest BCUT2D eigenvalue weighted by Gasteiger charge is 2.49. The van der Waals surface area contributed by atoms with Crippen molar-refractivity contribution in [1.29, 1.82) is 0 Å². The second-order valence-electron chi connectivity index (χ2n) is 6.61. The highest BCUT2D eigenvalue weighted by atomic mass is 32.2. The van der Waals surface area contributed by atoms with E-state index in [-0.39, 0.29) is 11.7 Å². The average molecular weight is 352 g/mol. The van der Waals surface area contributed by atoms with Gasteiger partial charge in [-0.1, -0.05) is 24.3 Å². The van der Waals surface area contributed by atoms with Gasteiger partial charge in [-0.25, -0.2) is 12.7 Å². The zero-order valence-electron chi connectivity index (χ0n) is 14.4. The standard InChI is InChI=1S/C17H24N2O4S/c1-4-24(21,22)19-11-9-17(10-12-19)14-8-6-5-7-13(14)15(23-17)16(20)18(2)3/h5-8,15H,4,9-12H2,1-3H3/t15-/m1/s1. The summed E-state index contributed by atoms with van der Waals surface area (Å²) in [5, 5.41) is 0. The van der Waals surface area contributed by atoms with Crippen molar-refractivity contribution in [3.05, 3.63) is 35.4 Å². The molecule has 1 aromatic carbocycles. The van der Waals surface area contributed by atoms with Gasteiger partial charge in [-0.15, -0.1) is 0 Å². The molecule has 2 aliphatic heterocycles. The Kier molecular flexibility index (Phi) is 4.44. The second-order valence-corrected chi connectivity index (χ2v) is 8.87. The van der Waals surface area contributed by atoms with Crippen LogP contribution in [-0.2, 0) is 25.2 Å². The van der Waals surface area contributed by atoms with E-state index in [2.05, 4.69) is 0 Å². The van der Waals surface area contributed by atoms with E-state index in [0.29, 0.717) is 25.9 Å². The third-order valence-corrected chi connectivity index (χ3v) is 6.91. The van der Waals surface area contributed by atoms with Crippen molar-refractivity contribution in [3.8, 4) is 0 Å². The summed E-state index contributed by atoms with van der Waals surface area (Å²) in [4.78, 5) is 14.0. The fourth-order valence-electron chi connectivity index (χ4n) is 3.61. The first-order valence-electron chi connectivity index (χ1n) is 8.27. The van der Waals surface area contributed by atoms with E-state index in [1.807, 2.05) is 24.3 Å². The number of hydrogen-bond donors (Lipinski definition) is 0. The van der Waals surface area contributed by atoms with Gasteiger partial charge in [0.1, 0.15) is 0 Å². The molecule has 0 aromatic heterocycles. The Morgan fingerprint density at radius 3 is 2.50 bits per heavy atom. The molecule has 2 heterocycles. The number of benzene rings is 1. The zero-order chi connectivity index (χ0) is 17.5. The van der Waals surface area contributed by atoms with Gasteiger partial charge < -0.3 is 9.64 Å². The molecule has 1 amide bonds. The van der Waals surface area contributed by atoms with Gasteiger partial charge in [0.15, 0.2) is 6.10 Å². The largest absolute Gasteiger partial charge is 0.352 e. The van der Waals surface area contributed by atoms with Crippen molar-refractivity contribution in [1.82, 2.24) is 9.21 Å². The molecular formula is C17H24N2O4S. The molecule has 1 spiro atoms. The molecule has 3 rings (SSSR count). The summed E-state index contributed by atoms with van der Waals surface area (Å²) in [7, 11) is 0.250. The second kappa shape index (κ2) is 6.13. The van der Waals surface area contributed by atoms with E-state index >= 15 is 0 Å². The Balaban J connectivity index is 1.90. The van der Waals surface area contributed by atoms with Crippen LogP contribution in [0.4, 0.5) is 0 Å². The molecule has 0 N–H and O–H groups in total. The summed E-state index contributed by atoms with van der Waals surface area (Å²) in [6.45, 7) is 2.51. The summed E-state index contributed by atoms with van der Waals surface area (Å²) in [6.07, 6.45) is 0.534. The topological polar surface area (TPSA) is 66.9 Å². The molecule has 132 valence electrons. The molecule has 0 bridgehead atoms. The highest BCUT2D eigenvalue weighted by molar-refractivity contribution is 7.89. The normalized spacial score (nSPS) is 23.2. The van der Waals surface area contributed by atoms with Crippen LogP contribution in [-0.4, -0.2) is 56.5 Å². The van der Waals surface area contributed by atoms with Gasteiger partial charge in [0.25, 0.3) is 5.91 Å². The van der Waals surface area contributed by atoms with Crippen molar-refractivity contribution in [2.24, 2.45) is 0 Å². The number of fused-ring (bicyclic) bond motifs is 2. The maximum absolute atomic E-state index is 12.5. The number of rotatable bonds is 3. The van der Waals surface area contributed by atoms with Crippen molar-refractivity contribution in [2.75, 3.05) is 32.9 Å². The number of ether oxygens (including phenoxy) is 1. The van der Waals surface area contributed by atoms with Crippen LogP contribution >= 0.6 is 0 Å². The van der Waals surface area contributed by atoms with E-state index in [4.69, 9.17) is 4.74 Å². The minimum Gasteiger partial charge on any atom is -0.352 e. The number of sulfonamides is 1. The SMILES string of the molecule is CCS(=O)(=O)N1CCC2(CC1)O[C@@H](C(=O)N(C)C)c1ccccc12. The molecule has 1 saturated heterocycles. The van der Waals surface area contributed by atoms with Gasteiger partial charge in [-0.2, -0.15) is 0 Å². The quantitative estimate of drug-likeness (QED) is 0.827. The molecule has 0 unspecified atom stereocenters. The average Bonchev–Trinajstić information content (AvgIpc) is 2.89. The van der Waals surface area contributed by atoms with Crippen LogP contribution in [0.15, 0.2) is 24.3 Å². The summed E-state index contributed by atoms with van der Waals surface area (Å²) >= 11 is 0. The van der Waals surface area contributed by atoms with E-state index < -0.39 is 21.7 Å². The number of hydrogen-bond acceptors (Lipinski definition) is 4. The Hall–Kier alpha value is -1.44. The van der Waals surface area contributed by atoms with Gasteiger partial charge in [-0.3, -0.25) is 4.79 Å². The first-order chi connectivity index (χ1) is 11.3. The molecular weight excluding hydrogens is 328 g/mol. The van der Waals surface area contributed by atoms with Crippen LogP contribution in [0.1, 0.15) is 37.0 Å². The minimum atomic E-state index is -3.19. The molecule has 0 aliphatic carbocycles. The molecule has 0 saturated carbocycles. The lowest BCUT2D eigenvalue weighted by Gasteiger charge is -2.39. The Morgan fingerprint density at radius 1 is 1.29 bits per heavy atom. The van der Waals surface area contributed by atoms with Crippen LogP contribution in [0.5, 0.6) is 0 Å². The smallest absolute Gasteiger partial charge is 0.255 e. The van der Waals surface area contributed by atoms with E-state index in [9.17, 15) is 13.2 Å². The molecule has 1 atom stereocenters. The third kappa shape index (κ3) is 2.74. The molecule has 0 radical (unpaired) electrons. The first kappa shape index (κ1) is 17.4. The molecule has 7 heteroatoms. The van der Waals surface area contributed by atoms with Crippen LogP contribution in [0.3, 0.4) is 0 Å². The number of likely N-dealkylation sites (N-methyl/N-ethyl adjacent to an activating group) is 1. The van der Waals surface area contributed by atoms with Gasteiger partial charge in [-0.05, 0) is 30.9 Å².